The van der Waals surface area contributed by atoms with E-state index in [1.807, 2.05) is 0 Å². The molecule has 0 bridgehead atoms. The molecular formula is C36H61NaO7S. The van der Waals surface area contributed by atoms with Crippen LogP contribution in [0, 0.1) is 0 Å². The fraction of sp³-hybridized carbons (Fsp3) is 0.778. The fourth-order valence-corrected chi connectivity index (χ4v) is 5.72. The van der Waals surface area contributed by atoms with Gasteiger partial charge in [-0.2, -0.15) is 0 Å². The Labute approximate surface area is 297 Å². The fourth-order valence-electron chi connectivity index (χ4n) is 5.33. The van der Waals surface area contributed by atoms with Crippen molar-refractivity contribution in [2.75, 3.05) is 13.2 Å². The molecule has 254 valence electrons. The predicted molar refractivity (Wildman–Crippen MR) is 178 cm³/mol. The number of carbonyl (C=O) groups is 2. The Kier molecular flexibility index (Phi) is 28.6. The molecule has 1 aromatic rings. The number of hydrogen-bond donors (Lipinski definition) is 0. The summed E-state index contributed by atoms with van der Waals surface area (Å²) in [5, 5.41) is -1.16. The van der Waals surface area contributed by atoms with Crippen LogP contribution < -0.4 is 29.6 Å². The molecule has 0 fully saturated rings. The van der Waals surface area contributed by atoms with E-state index in [0.29, 0.717) is 6.61 Å². The summed E-state index contributed by atoms with van der Waals surface area (Å²) in [5.74, 6) is -1.34. The monoisotopic (exact) mass is 660 g/mol. The third kappa shape index (κ3) is 24.0. The van der Waals surface area contributed by atoms with Gasteiger partial charge in [-0.25, -0.2) is 18.0 Å². The predicted octanol–water partition coefficient (Wildman–Crippen LogP) is 6.93. The Bertz CT molecular complexity index is 983. The first-order valence-corrected chi connectivity index (χ1v) is 19.1. The minimum absolute atomic E-state index is 0. The number of carbonyl (C=O) groups excluding carboxylic acids is 2. The summed E-state index contributed by atoms with van der Waals surface area (Å²) in [4.78, 5) is 25.0. The van der Waals surface area contributed by atoms with Crippen molar-refractivity contribution >= 4 is 22.1 Å². The van der Waals surface area contributed by atoms with Crippen molar-refractivity contribution < 1.29 is 61.6 Å². The molecule has 0 saturated carbocycles. The van der Waals surface area contributed by atoms with Crippen molar-refractivity contribution in [1.82, 2.24) is 0 Å². The molecule has 1 atom stereocenters. The van der Waals surface area contributed by atoms with Crippen LogP contribution in [0.5, 0.6) is 0 Å². The Morgan fingerprint density at radius 2 is 0.911 bits per heavy atom. The maximum Gasteiger partial charge on any atom is 1.00 e. The van der Waals surface area contributed by atoms with Gasteiger partial charge in [-0.05, 0) is 31.9 Å². The number of ether oxygens (including phenoxy) is 2. The largest absolute Gasteiger partial charge is 1.00 e. The molecule has 0 radical (unpaired) electrons. The zero-order valence-electron chi connectivity index (χ0n) is 28.8. The van der Waals surface area contributed by atoms with Crippen molar-refractivity contribution in [3.05, 3.63) is 35.4 Å². The standard InChI is InChI=1S/C36H62O7S.Na/c1-3-4-5-6-7-8-9-10-11-12-13-14-15-16-17-18-19-20-21-22-23-26-30-42-35(37)33-27-24-25-28-34(33)36(38)43-31-29-32(2)44(39,40)41;/h24-25,27-28,32H,3-23,26,29-31H2,1-2H3,(H,39,40,41);/q;+1/p-1. The molecule has 9 heteroatoms. The summed E-state index contributed by atoms with van der Waals surface area (Å²) in [6, 6.07) is 6.21. The van der Waals surface area contributed by atoms with Crippen molar-refractivity contribution in [3.8, 4) is 0 Å². The molecule has 0 aliphatic heterocycles. The molecular weight excluding hydrogens is 599 g/mol. The summed E-state index contributed by atoms with van der Waals surface area (Å²) in [5.41, 5.74) is 0.171. The van der Waals surface area contributed by atoms with E-state index in [1.165, 1.54) is 141 Å². The number of esters is 2. The molecule has 1 rings (SSSR count). The van der Waals surface area contributed by atoms with Crippen LogP contribution in [0.4, 0.5) is 0 Å². The van der Waals surface area contributed by atoms with Gasteiger partial charge in [0, 0.05) is 5.25 Å². The molecule has 0 aliphatic carbocycles. The van der Waals surface area contributed by atoms with Crippen LogP contribution in [-0.2, 0) is 19.6 Å². The van der Waals surface area contributed by atoms with E-state index >= 15 is 0 Å². The summed E-state index contributed by atoms with van der Waals surface area (Å²) in [7, 11) is -4.44. The molecule has 0 N–H and O–H groups in total. The van der Waals surface area contributed by atoms with Crippen LogP contribution in [0.15, 0.2) is 24.3 Å². The first-order chi connectivity index (χ1) is 21.3. The van der Waals surface area contributed by atoms with E-state index in [1.54, 1.807) is 12.1 Å². The second kappa shape index (κ2) is 29.2. The van der Waals surface area contributed by atoms with E-state index < -0.39 is 27.3 Å². The average Bonchev–Trinajstić information content (AvgIpc) is 3.00. The van der Waals surface area contributed by atoms with Crippen LogP contribution in [0.1, 0.15) is 182 Å². The summed E-state index contributed by atoms with van der Waals surface area (Å²) < 4.78 is 43.4. The van der Waals surface area contributed by atoms with E-state index in [4.69, 9.17) is 9.47 Å². The van der Waals surface area contributed by atoms with Crippen LogP contribution in [0.2, 0.25) is 0 Å². The zero-order chi connectivity index (χ0) is 32.3. The molecule has 0 heterocycles. The molecule has 0 spiro atoms. The Morgan fingerprint density at radius 3 is 1.24 bits per heavy atom. The summed E-state index contributed by atoms with van der Waals surface area (Å²) in [6.07, 6.45) is 28.9. The minimum atomic E-state index is -4.44. The Balaban J connectivity index is 0.0000194. The van der Waals surface area contributed by atoms with Gasteiger partial charge in [-0.1, -0.05) is 154 Å². The molecule has 0 saturated heterocycles. The first-order valence-electron chi connectivity index (χ1n) is 17.6. The third-order valence-electron chi connectivity index (χ3n) is 8.35. The van der Waals surface area contributed by atoms with Crippen molar-refractivity contribution in [3.63, 3.8) is 0 Å². The molecule has 0 aromatic heterocycles. The van der Waals surface area contributed by atoms with Gasteiger partial charge < -0.3 is 14.0 Å². The number of unbranched alkanes of at least 4 members (excludes halogenated alkanes) is 21. The molecule has 7 nitrogen and oxygen atoms in total. The van der Waals surface area contributed by atoms with Crippen LogP contribution in [-0.4, -0.2) is 43.4 Å². The van der Waals surface area contributed by atoms with Crippen molar-refractivity contribution in [2.24, 2.45) is 0 Å². The maximum absolute atomic E-state index is 12.5. The molecule has 0 aliphatic rings. The van der Waals surface area contributed by atoms with Gasteiger partial charge in [0.15, 0.2) is 0 Å². The summed E-state index contributed by atoms with van der Waals surface area (Å²) >= 11 is 0. The first kappa shape index (κ1) is 44.1. The van der Waals surface area contributed by atoms with Gasteiger partial charge in [-0.3, -0.25) is 0 Å². The van der Waals surface area contributed by atoms with E-state index in [-0.39, 0.29) is 53.7 Å². The minimum Gasteiger partial charge on any atom is -0.748 e. The van der Waals surface area contributed by atoms with Gasteiger partial charge in [0.1, 0.15) is 0 Å². The number of benzene rings is 1. The molecule has 1 aromatic carbocycles. The van der Waals surface area contributed by atoms with Gasteiger partial charge >= 0.3 is 41.5 Å². The maximum atomic E-state index is 12.5. The smallest absolute Gasteiger partial charge is 0.748 e. The van der Waals surface area contributed by atoms with E-state index in [2.05, 4.69) is 6.92 Å². The molecule has 0 amide bonds. The van der Waals surface area contributed by atoms with E-state index in [9.17, 15) is 22.6 Å². The molecule has 45 heavy (non-hydrogen) atoms. The second-order valence-electron chi connectivity index (χ2n) is 12.3. The van der Waals surface area contributed by atoms with Crippen molar-refractivity contribution in [1.29, 1.82) is 0 Å². The van der Waals surface area contributed by atoms with Crippen LogP contribution >= 0.6 is 0 Å². The zero-order valence-corrected chi connectivity index (χ0v) is 31.6. The Morgan fingerprint density at radius 1 is 0.600 bits per heavy atom. The normalized spacial score (nSPS) is 12.0. The SMILES string of the molecule is CCCCCCCCCCCCCCCCCCCCCCCCOC(=O)c1ccccc1C(=O)OCCC(C)S(=O)(=O)[O-].[Na+]. The van der Waals surface area contributed by atoms with Gasteiger partial charge in [-0.15, -0.1) is 0 Å². The van der Waals surface area contributed by atoms with Gasteiger partial charge in [0.25, 0.3) is 0 Å². The quantitative estimate of drug-likeness (QED) is 0.0397. The van der Waals surface area contributed by atoms with Gasteiger partial charge in [0.2, 0.25) is 0 Å². The van der Waals surface area contributed by atoms with E-state index in [0.717, 1.165) is 19.3 Å². The third-order valence-corrected chi connectivity index (χ3v) is 9.57. The average molecular weight is 661 g/mol. The van der Waals surface area contributed by atoms with Crippen LogP contribution in [0.25, 0.3) is 0 Å². The topological polar surface area (TPSA) is 110 Å². The molecule has 1 unspecified atom stereocenters. The second-order valence-corrected chi connectivity index (χ2v) is 14.1. The van der Waals surface area contributed by atoms with Gasteiger partial charge in [0.05, 0.1) is 34.5 Å². The van der Waals surface area contributed by atoms with Crippen LogP contribution in [0.3, 0.4) is 0 Å². The van der Waals surface area contributed by atoms with Crippen molar-refractivity contribution in [2.45, 2.75) is 167 Å². The summed E-state index contributed by atoms with van der Waals surface area (Å²) in [6.45, 7) is 3.61. The number of rotatable bonds is 29. The Hall–Kier alpha value is -0.930. The number of hydrogen-bond acceptors (Lipinski definition) is 7.